The van der Waals surface area contributed by atoms with Crippen molar-refractivity contribution in [2.45, 2.75) is 57.4 Å². The fraction of sp³-hybridized carbons (Fsp3) is 0.500. The molecule has 4 aliphatic rings. The molecule has 3 fully saturated rings. The highest BCUT2D eigenvalue weighted by Crippen LogP contribution is 2.66. The third kappa shape index (κ3) is 4.23. The van der Waals surface area contributed by atoms with E-state index in [1.165, 1.54) is 35.4 Å². The Kier molecular flexibility index (Phi) is 6.34. The van der Waals surface area contributed by atoms with E-state index in [4.69, 9.17) is 4.74 Å². The van der Waals surface area contributed by atoms with Crippen LogP contribution in [0.5, 0.6) is 5.75 Å². The number of carbonyl (C=O) groups excluding carboxylic acids is 1. The second-order valence-electron chi connectivity index (χ2n) is 12.4. The molecule has 1 aliphatic heterocycles. The van der Waals surface area contributed by atoms with Crippen LogP contribution in [-0.4, -0.2) is 48.6 Å². The molecular formula is C30H35N3O6S. The van der Waals surface area contributed by atoms with Gasteiger partial charge in [0.05, 0.1) is 10.7 Å². The van der Waals surface area contributed by atoms with Crippen LogP contribution in [0.4, 0.5) is 10.5 Å². The standard InChI is InChI=1S/C30H35N3O6S/c1-28(2)22-12-14-30(28,26(19-22)31-27(34)39-24-9-7-23(8-10-24)33(35)36)20-40(37,38)32-17-15-29(16-18-32)13-11-21-5-3-4-6-25(21)29/h3-11,13,22,26H,12,14-20H2,1-2H3,(H,31,34)/t22-,26-,30+/m0/s1. The van der Waals surface area contributed by atoms with E-state index in [9.17, 15) is 23.3 Å². The number of allylic oxidation sites excluding steroid dienone is 1. The number of piperidine rings is 1. The first kappa shape index (κ1) is 27.0. The van der Waals surface area contributed by atoms with Crippen LogP contribution in [0.25, 0.3) is 6.08 Å². The molecule has 0 unspecified atom stereocenters. The van der Waals surface area contributed by atoms with Gasteiger partial charge in [0.25, 0.3) is 5.69 Å². The monoisotopic (exact) mass is 565 g/mol. The molecule has 1 spiro atoms. The Morgan fingerprint density at radius 1 is 1.10 bits per heavy atom. The summed E-state index contributed by atoms with van der Waals surface area (Å²) in [5.74, 6) is 0.486. The Morgan fingerprint density at radius 2 is 1.80 bits per heavy atom. The van der Waals surface area contributed by atoms with Crippen molar-refractivity contribution in [2.75, 3.05) is 18.8 Å². The summed E-state index contributed by atoms with van der Waals surface area (Å²) in [6.07, 6.45) is 7.59. The molecule has 0 radical (unpaired) electrons. The quantitative estimate of drug-likeness (QED) is 0.377. The largest absolute Gasteiger partial charge is 0.412 e. The maximum Gasteiger partial charge on any atom is 0.412 e. The highest BCUT2D eigenvalue weighted by molar-refractivity contribution is 7.89. The third-order valence-electron chi connectivity index (χ3n) is 10.5. The fourth-order valence-electron chi connectivity index (χ4n) is 7.99. The molecule has 1 amide bonds. The average molecular weight is 566 g/mol. The van der Waals surface area contributed by atoms with Gasteiger partial charge in [0.15, 0.2) is 0 Å². The van der Waals surface area contributed by atoms with Gasteiger partial charge in [0.1, 0.15) is 5.75 Å². The molecule has 10 heteroatoms. The Labute approximate surface area is 234 Å². The van der Waals surface area contributed by atoms with E-state index in [0.29, 0.717) is 25.4 Å². The lowest BCUT2D eigenvalue weighted by Gasteiger charge is -2.44. The van der Waals surface area contributed by atoms with Crippen molar-refractivity contribution in [1.29, 1.82) is 0 Å². The van der Waals surface area contributed by atoms with Gasteiger partial charge in [-0.05, 0) is 66.7 Å². The van der Waals surface area contributed by atoms with Crippen molar-refractivity contribution in [3.05, 3.63) is 75.8 Å². The number of amides is 1. The zero-order chi connectivity index (χ0) is 28.3. The van der Waals surface area contributed by atoms with Crippen molar-refractivity contribution in [3.63, 3.8) is 0 Å². The van der Waals surface area contributed by atoms with Crippen molar-refractivity contribution in [2.24, 2.45) is 16.7 Å². The summed E-state index contributed by atoms with van der Waals surface area (Å²) in [6, 6.07) is 13.3. The van der Waals surface area contributed by atoms with Crippen LogP contribution >= 0.6 is 0 Å². The molecule has 2 aromatic rings. The summed E-state index contributed by atoms with van der Waals surface area (Å²) in [5.41, 5.74) is 1.44. The summed E-state index contributed by atoms with van der Waals surface area (Å²) >= 11 is 0. The van der Waals surface area contributed by atoms with E-state index in [1.54, 1.807) is 4.31 Å². The van der Waals surface area contributed by atoms with E-state index >= 15 is 0 Å². The molecule has 9 nitrogen and oxygen atoms in total. The van der Waals surface area contributed by atoms with E-state index in [1.807, 2.05) is 12.1 Å². The van der Waals surface area contributed by atoms with Gasteiger partial charge in [0.2, 0.25) is 10.0 Å². The average Bonchev–Trinajstić information content (AvgIpc) is 3.45. The minimum absolute atomic E-state index is 0.00853. The van der Waals surface area contributed by atoms with Crippen LogP contribution in [0.1, 0.15) is 57.1 Å². The number of nitro benzene ring substituents is 1. The summed E-state index contributed by atoms with van der Waals surface area (Å²) in [7, 11) is -3.59. The van der Waals surface area contributed by atoms with Gasteiger partial charge >= 0.3 is 6.09 Å². The van der Waals surface area contributed by atoms with E-state index in [0.717, 1.165) is 25.7 Å². The van der Waals surface area contributed by atoms with Crippen LogP contribution in [0.3, 0.4) is 0 Å². The maximum absolute atomic E-state index is 14.0. The number of hydrogen-bond donors (Lipinski definition) is 1. The lowest BCUT2D eigenvalue weighted by molar-refractivity contribution is -0.384. The zero-order valence-corrected chi connectivity index (χ0v) is 23.7. The second kappa shape index (κ2) is 9.41. The van der Waals surface area contributed by atoms with E-state index in [2.05, 4.69) is 43.4 Å². The second-order valence-corrected chi connectivity index (χ2v) is 14.4. The van der Waals surface area contributed by atoms with Gasteiger partial charge in [-0.3, -0.25) is 10.1 Å². The number of sulfonamides is 1. The Balaban J connectivity index is 1.16. The Hall–Kier alpha value is -3.24. The third-order valence-corrected chi connectivity index (χ3v) is 12.5. The fourth-order valence-corrected chi connectivity index (χ4v) is 10.3. The van der Waals surface area contributed by atoms with Crippen molar-refractivity contribution < 1.29 is 22.9 Å². The smallest absolute Gasteiger partial charge is 0.410 e. The molecule has 1 heterocycles. The minimum Gasteiger partial charge on any atom is -0.410 e. The highest BCUT2D eigenvalue weighted by atomic mass is 32.2. The topological polar surface area (TPSA) is 119 Å². The number of rotatable bonds is 6. The molecular weight excluding hydrogens is 530 g/mol. The number of fused-ring (bicyclic) bond motifs is 4. The molecule has 0 aromatic heterocycles. The van der Waals surface area contributed by atoms with Crippen LogP contribution < -0.4 is 10.1 Å². The van der Waals surface area contributed by atoms with E-state index < -0.39 is 26.5 Å². The number of nitrogens with one attached hydrogen (secondary N) is 1. The van der Waals surface area contributed by atoms with Crippen LogP contribution in [0, 0.1) is 26.9 Å². The summed E-state index contributed by atoms with van der Waals surface area (Å²) < 4.78 is 35.0. The number of ether oxygens (including phenoxy) is 1. The molecule has 2 saturated carbocycles. The molecule has 6 rings (SSSR count). The number of benzene rings is 2. The first-order chi connectivity index (χ1) is 19.0. The molecule has 2 bridgehead atoms. The van der Waals surface area contributed by atoms with Crippen molar-refractivity contribution in [1.82, 2.24) is 9.62 Å². The number of nitro groups is 1. The van der Waals surface area contributed by atoms with Gasteiger partial charge in [-0.1, -0.05) is 50.3 Å². The molecule has 3 aliphatic carbocycles. The van der Waals surface area contributed by atoms with E-state index in [-0.39, 0.29) is 34.1 Å². The molecule has 1 N–H and O–H groups in total. The summed E-state index contributed by atoms with van der Waals surface area (Å²) in [4.78, 5) is 23.3. The lowest BCUT2D eigenvalue weighted by Crippen LogP contribution is -2.55. The Bertz CT molecular complexity index is 1480. The first-order valence-corrected chi connectivity index (χ1v) is 15.6. The SMILES string of the molecule is CC1(C)[C@H]2CC[C@@]1(CS(=O)(=O)N1CCC3(C=Cc4ccccc43)CC1)[C@@H](NC(=O)Oc1ccc([N+](=O)[O-])cc1)C2. The molecule has 212 valence electrons. The number of carbonyl (C=O) groups is 1. The van der Waals surface area contributed by atoms with Gasteiger partial charge in [-0.25, -0.2) is 17.5 Å². The molecule has 2 aromatic carbocycles. The minimum atomic E-state index is -3.59. The van der Waals surface area contributed by atoms with Crippen LogP contribution in [0.2, 0.25) is 0 Å². The van der Waals surface area contributed by atoms with Gasteiger partial charge in [0, 0.05) is 42.1 Å². The van der Waals surface area contributed by atoms with Gasteiger partial charge in [-0.15, -0.1) is 0 Å². The predicted octanol–water partition coefficient (Wildman–Crippen LogP) is 5.27. The molecule has 40 heavy (non-hydrogen) atoms. The molecule has 3 atom stereocenters. The maximum atomic E-state index is 14.0. The Morgan fingerprint density at radius 3 is 2.48 bits per heavy atom. The van der Waals surface area contributed by atoms with Crippen molar-refractivity contribution >= 4 is 27.9 Å². The number of non-ortho nitro benzene ring substituents is 1. The summed E-state index contributed by atoms with van der Waals surface area (Å²) in [5, 5.41) is 13.9. The van der Waals surface area contributed by atoms with Gasteiger partial charge in [-0.2, -0.15) is 0 Å². The number of hydrogen-bond acceptors (Lipinski definition) is 6. The van der Waals surface area contributed by atoms with Crippen LogP contribution in [-0.2, 0) is 15.4 Å². The lowest BCUT2D eigenvalue weighted by atomic mass is 9.69. The highest BCUT2D eigenvalue weighted by Gasteiger charge is 2.66. The zero-order valence-electron chi connectivity index (χ0n) is 22.8. The first-order valence-electron chi connectivity index (χ1n) is 14.0. The summed E-state index contributed by atoms with van der Waals surface area (Å²) in [6.45, 7) is 5.21. The number of nitrogens with zero attached hydrogens (tertiary/aromatic N) is 2. The normalized spacial score (nSPS) is 27.9. The van der Waals surface area contributed by atoms with Crippen LogP contribution in [0.15, 0.2) is 54.6 Å². The van der Waals surface area contributed by atoms with Gasteiger partial charge < -0.3 is 10.1 Å². The van der Waals surface area contributed by atoms with Crippen molar-refractivity contribution in [3.8, 4) is 5.75 Å². The molecule has 1 saturated heterocycles. The predicted molar refractivity (Wildman–Crippen MR) is 151 cm³/mol.